The number of carbonyl (C=O) groups excluding carboxylic acids is 1. The first-order chi connectivity index (χ1) is 5.58. The predicted molar refractivity (Wildman–Crippen MR) is 51.0 cm³/mol. The summed E-state index contributed by atoms with van der Waals surface area (Å²) in [5, 5.41) is 18.4. The molecule has 0 heterocycles. The van der Waals surface area contributed by atoms with Gasteiger partial charge < -0.3 is 15.5 Å². The van der Waals surface area contributed by atoms with Crippen molar-refractivity contribution in [1.82, 2.24) is 5.32 Å². The van der Waals surface area contributed by atoms with Gasteiger partial charge in [-0.25, -0.2) is 0 Å². The lowest BCUT2D eigenvalue weighted by Crippen LogP contribution is -2.20. The van der Waals surface area contributed by atoms with Crippen LogP contribution >= 0.6 is 12.6 Å². The van der Waals surface area contributed by atoms with Crippen LogP contribution in [0.15, 0.2) is 12.7 Å². The zero-order valence-electron chi connectivity index (χ0n) is 7.03. The van der Waals surface area contributed by atoms with E-state index in [1.807, 2.05) is 0 Å². The quantitative estimate of drug-likeness (QED) is 0.278. The van der Waals surface area contributed by atoms with Crippen LogP contribution in [0.5, 0.6) is 0 Å². The summed E-state index contributed by atoms with van der Waals surface area (Å²) < 4.78 is 0. The van der Waals surface area contributed by atoms with Crippen molar-refractivity contribution in [2.45, 2.75) is 13.0 Å². The number of hydrogen-bond donors (Lipinski definition) is 4. The van der Waals surface area contributed by atoms with Crippen LogP contribution in [0, 0.1) is 0 Å². The SMILES string of the molecule is C=CC(=O)NCO.CC(O)CS. The first-order valence-electron chi connectivity index (χ1n) is 3.38. The number of rotatable bonds is 3. The van der Waals surface area contributed by atoms with Gasteiger partial charge in [0.05, 0.1) is 6.10 Å². The van der Waals surface area contributed by atoms with Crippen molar-refractivity contribution in [1.29, 1.82) is 0 Å². The summed E-state index contributed by atoms with van der Waals surface area (Å²) in [6.07, 6.45) is 0.842. The van der Waals surface area contributed by atoms with E-state index in [1.165, 1.54) is 0 Å². The molecular formula is C7H15NO3S. The third-order valence-corrected chi connectivity index (χ3v) is 1.23. The van der Waals surface area contributed by atoms with Crippen LogP contribution in [0.4, 0.5) is 0 Å². The first kappa shape index (κ1) is 14.0. The summed E-state index contributed by atoms with van der Waals surface area (Å²) in [6, 6.07) is 0. The minimum atomic E-state index is -0.359. The Morgan fingerprint density at radius 3 is 2.33 bits per heavy atom. The molecule has 0 saturated heterocycles. The van der Waals surface area contributed by atoms with E-state index in [4.69, 9.17) is 10.2 Å². The van der Waals surface area contributed by atoms with Crippen molar-refractivity contribution in [3.8, 4) is 0 Å². The van der Waals surface area contributed by atoms with Crippen LogP contribution < -0.4 is 5.32 Å². The van der Waals surface area contributed by atoms with E-state index in [2.05, 4.69) is 24.5 Å². The highest BCUT2D eigenvalue weighted by molar-refractivity contribution is 7.80. The summed E-state index contributed by atoms with van der Waals surface area (Å²) in [7, 11) is 0. The van der Waals surface area contributed by atoms with Crippen LogP contribution in [-0.2, 0) is 4.79 Å². The van der Waals surface area contributed by atoms with E-state index >= 15 is 0 Å². The van der Waals surface area contributed by atoms with E-state index in [9.17, 15) is 4.79 Å². The smallest absolute Gasteiger partial charge is 0.245 e. The van der Waals surface area contributed by atoms with Crippen molar-refractivity contribution in [2.24, 2.45) is 0 Å². The minimum absolute atomic E-state index is 0.252. The minimum Gasteiger partial charge on any atom is -0.393 e. The molecule has 1 atom stereocenters. The third kappa shape index (κ3) is 16.2. The fourth-order valence-electron chi connectivity index (χ4n) is 0.150. The number of amides is 1. The van der Waals surface area contributed by atoms with Crippen molar-refractivity contribution in [3.63, 3.8) is 0 Å². The molecule has 5 heteroatoms. The van der Waals surface area contributed by atoms with Crippen LogP contribution in [0.2, 0.25) is 0 Å². The molecule has 0 saturated carbocycles. The molecule has 0 aliphatic carbocycles. The molecule has 0 spiro atoms. The lowest BCUT2D eigenvalue weighted by molar-refractivity contribution is -0.117. The second-order valence-corrected chi connectivity index (χ2v) is 2.30. The normalized spacial score (nSPS) is 10.7. The van der Waals surface area contributed by atoms with Crippen LogP contribution in [-0.4, -0.2) is 34.7 Å². The summed E-state index contributed by atoms with van der Waals surface area (Å²) in [4.78, 5) is 10.0. The molecule has 0 aromatic carbocycles. The molecule has 1 unspecified atom stereocenters. The summed E-state index contributed by atoms with van der Waals surface area (Å²) in [5.74, 6) is 0.197. The number of carbonyl (C=O) groups is 1. The monoisotopic (exact) mass is 193 g/mol. The topological polar surface area (TPSA) is 69.6 Å². The number of thiol groups is 1. The molecule has 0 aliphatic heterocycles. The summed E-state index contributed by atoms with van der Waals surface area (Å²) >= 11 is 3.77. The molecule has 0 bridgehead atoms. The van der Waals surface area contributed by atoms with Gasteiger partial charge in [-0.15, -0.1) is 0 Å². The number of hydrogen-bond acceptors (Lipinski definition) is 4. The fraction of sp³-hybridized carbons (Fsp3) is 0.571. The molecule has 0 aromatic rings. The van der Waals surface area contributed by atoms with Gasteiger partial charge in [-0.2, -0.15) is 12.6 Å². The Labute approximate surface area is 77.7 Å². The largest absolute Gasteiger partial charge is 0.393 e. The highest BCUT2D eigenvalue weighted by Crippen LogP contribution is 1.79. The van der Waals surface area contributed by atoms with Gasteiger partial charge in [0.15, 0.2) is 0 Å². The molecule has 12 heavy (non-hydrogen) atoms. The fourth-order valence-corrected chi connectivity index (χ4v) is 0.150. The number of aliphatic hydroxyl groups excluding tert-OH is 2. The summed E-state index contributed by atoms with van der Waals surface area (Å²) in [6.45, 7) is 4.53. The van der Waals surface area contributed by atoms with E-state index in [0.29, 0.717) is 5.75 Å². The zero-order chi connectivity index (χ0) is 9.98. The Morgan fingerprint density at radius 2 is 2.25 bits per heavy atom. The van der Waals surface area contributed by atoms with Crippen molar-refractivity contribution < 1.29 is 15.0 Å². The predicted octanol–water partition coefficient (Wildman–Crippen LogP) is -0.465. The van der Waals surface area contributed by atoms with E-state index in [0.717, 1.165) is 6.08 Å². The molecule has 0 rings (SSSR count). The second kappa shape index (κ2) is 10.5. The van der Waals surface area contributed by atoms with Gasteiger partial charge in [0.1, 0.15) is 6.73 Å². The van der Waals surface area contributed by atoms with Crippen molar-refractivity contribution >= 4 is 18.5 Å². The second-order valence-electron chi connectivity index (χ2n) is 1.93. The van der Waals surface area contributed by atoms with Crippen molar-refractivity contribution in [3.05, 3.63) is 12.7 Å². The summed E-state index contributed by atoms with van der Waals surface area (Å²) in [5.41, 5.74) is 0. The highest BCUT2D eigenvalue weighted by Gasteiger charge is 1.84. The Balaban J connectivity index is 0. The lowest BCUT2D eigenvalue weighted by atomic mass is 10.5. The lowest BCUT2D eigenvalue weighted by Gasteiger charge is -1.89. The maximum atomic E-state index is 10.0. The Bertz CT molecular complexity index is 128. The average molecular weight is 193 g/mol. The molecule has 0 radical (unpaired) electrons. The Morgan fingerprint density at radius 1 is 1.83 bits per heavy atom. The molecule has 1 amide bonds. The van der Waals surface area contributed by atoms with Gasteiger partial charge in [0.2, 0.25) is 5.91 Å². The third-order valence-electron chi connectivity index (χ3n) is 0.703. The van der Waals surface area contributed by atoms with Gasteiger partial charge in [-0.1, -0.05) is 6.58 Å². The van der Waals surface area contributed by atoms with Gasteiger partial charge in [0, 0.05) is 5.75 Å². The molecular weight excluding hydrogens is 178 g/mol. The van der Waals surface area contributed by atoms with Crippen molar-refractivity contribution in [2.75, 3.05) is 12.5 Å². The molecule has 3 N–H and O–H groups in total. The zero-order valence-corrected chi connectivity index (χ0v) is 7.92. The Hall–Kier alpha value is -0.520. The number of aliphatic hydroxyl groups is 2. The van der Waals surface area contributed by atoms with Crippen LogP contribution in [0.3, 0.4) is 0 Å². The van der Waals surface area contributed by atoms with Crippen LogP contribution in [0.1, 0.15) is 6.92 Å². The maximum Gasteiger partial charge on any atom is 0.245 e. The van der Waals surface area contributed by atoms with E-state index in [1.54, 1.807) is 6.92 Å². The van der Waals surface area contributed by atoms with Crippen LogP contribution in [0.25, 0.3) is 0 Å². The standard InChI is InChI=1S/C4H7NO2.C3H8OS/c1-2-4(7)5-3-6;1-3(4)2-5/h2,6H,1,3H2,(H,5,7);3-5H,2H2,1H3. The van der Waals surface area contributed by atoms with Gasteiger partial charge in [-0.3, -0.25) is 4.79 Å². The average Bonchev–Trinajstić information content (AvgIpc) is 2.06. The van der Waals surface area contributed by atoms with E-state index < -0.39 is 0 Å². The highest BCUT2D eigenvalue weighted by atomic mass is 32.1. The molecule has 4 nitrogen and oxygen atoms in total. The van der Waals surface area contributed by atoms with Gasteiger partial charge >= 0.3 is 0 Å². The maximum absolute atomic E-state index is 10.0. The Kier molecular flexibility index (Phi) is 12.3. The van der Waals surface area contributed by atoms with Gasteiger partial charge in [0.25, 0.3) is 0 Å². The first-order valence-corrected chi connectivity index (χ1v) is 4.01. The number of nitrogens with one attached hydrogen (secondary N) is 1. The van der Waals surface area contributed by atoms with Gasteiger partial charge in [-0.05, 0) is 13.0 Å². The van der Waals surface area contributed by atoms with E-state index in [-0.39, 0.29) is 18.7 Å². The molecule has 0 aromatic heterocycles. The molecule has 0 aliphatic rings. The molecule has 0 fully saturated rings. The molecule has 72 valence electrons.